The Labute approximate surface area is 64.4 Å². The molecule has 0 aliphatic rings. The van der Waals surface area contributed by atoms with Crippen molar-refractivity contribution in [1.29, 1.82) is 0 Å². The van der Waals surface area contributed by atoms with Crippen LogP contribution in [-0.2, 0) is 0 Å². The van der Waals surface area contributed by atoms with E-state index in [-0.39, 0.29) is 5.54 Å². The van der Waals surface area contributed by atoms with Crippen LogP contribution in [0.5, 0.6) is 0 Å². The Morgan fingerprint density at radius 2 is 1.60 bits per heavy atom. The summed E-state index contributed by atoms with van der Waals surface area (Å²) in [5.41, 5.74) is 5.35. The molecule has 0 saturated heterocycles. The van der Waals surface area contributed by atoms with Gasteiger partial charge in [0.05, 0.1) is 0 Å². The fraction of sp³-hybridized carbons (Fsp3) is 1.00. The zero-order valence-electron chi connectivity index (χ0n) is 7.65. The number of hydrogen-bond acceptors (Lipinski definition) is 2. The third-order valence-corrected chi connectivity index (χ3v) is 0.512. The Balaban J connectivity index is 0. The van der Waals surface area contributed by atoms with E-state index < -0.39 is 0 Å². The maximum atomic E-state index is 8.07. The molecule has 0 rings (SSSR count). The number of rotatable bonds is 2. The van der Waals surface area contributed by atoms with Crippen LogP contribution in [-0.4, -0.2) is 17.3 Å². The van der Waals surface area contributed by atoms with Crippen molar-refractivity contribution in [3.63, 3.8) is 0 Å². The monoisotopic (exact) mass is 147 g/mol. The van der Waals surface area contributed by atoms with Crippen LogP contribution >= 0.6 is 0 Å². The average molecular weight is 147 g/mol. The van der Waals surface area contributed by atoms with Gasteiger partial charge in [-0.25, -0.2) is 0 Å². The zero-order chi connectivity index (χ0) is 8.62. The van der Waals surface area contributed by atoms with Gasteiger partial charge in [-0.05, 0) is 27.2 Å². The smallest absolute Gasteiger partial charge is 0.0430 e. The van der Waals surface area contributed by atoms with Crippen molar-refractivity contribution >= 4 is 0 Å². The Hall–Kier alpha value is -0.0800. The first-order valence-electron chi connectivity index (χ1n) is 3.81. The Morgan fingerprint density at radius 1 is 1.30 bits per heavy atom. The zero-order valence-corrected chi connectivity index (χ0v) is 7.65. The van der Waals surface area contributed by atoms with Crippen LogP contribution in [0.4, 0.5) is 0 Å². The van der Waals surface area contributed by atoms with Gasteiger partial charge >= 0.3 is 0 Å². The molecule has 0 heterocycles. The highest BCUT2D eigenvalue weighted by atomic mass is 16.2. The molecule has 0 radical (unpaired) electrons. The van der Waals surface area contributed by atoms with E-state index in [9.17, 15) is 0 Å². The van der Waals surface area contributed by atoms with Gasteiger partial charge in [-0.2, -0.15) is 0 Å². The standard InChI is InChI=1S/C4H11N.C4H10O/c1-4(2,3)5;1-2-3-4-5/h5H2,1-3H3;5H,2-4H2,1H3. The van der Waals surface area contributed by atoms with Gasteiger partial charge in [0.25, 0.3) is 0 Å². The summed E-state index contributed by atoms with van der Waals surface area (Å²) in [6, 6.07) is 0. The van der Waals surface area contributed by atoms with Crippen molar-refractivity contribution in [3.05, 3.63) is 0 Å². The largest absolute Gasteiger partial charge is 0.396 e. The molecule has 0 amide bonds. The van der Waals surface area contributed by atoms with Crippen molar-refractivity contribution < 1.29 is 5.11 Å². The fourth-order valence-corrected chi connectivity index (χ4v) is 0.158. The summed E-state index contributed by atoms with van der Waals surface area (Å²) >= 11 is 0. The van der Waals surface area contributed by atoms with Crippen LogP contribution in [0.2, 0.25) is 0 Å². The molecule has 0 saturated carbocycles. The highest BCUT2D eigenvalue weighted by Crippen LogP contribution is 1.88. The number of aliphatic hydroxyl groups is 1. The molecule has 0 spiro atoms. The van der Waals surface area contributed by atoms with Crippen LogP contribution in [0.25, 0.3) is 0 Å². The van der Waals surface area contributed by atoms with E-state index >= 15 is 0 Å². The van der Waals surface area contributed by atoms with Gasteiger partial charge in [-0.15, -0.1) is 0 Å². The van der Waals surface area contributed by atoms with Gasteiger partial charge in [0.15, 0.2) is 0 Å². The van der Waals surface area contributed by atoms with Crippen molar-refractivity contribution in [2.24, 2.45) is 5.73 Å². The molecule has 0 aliphatic carbocycles. The summed E-state index contributed by atoms with van der Waals surface area (Å²) in [4.78, 5) is 0. The lowest BCUT2D eigenvalue weighted by atomic mass is 10.1. The van der Waals surface area contributed by atoms with Crippen LogP contribution in [0.3, 0.4) is 0 Å². The summed E-state index contributed by atoms with van der Waals surface area (Å²) in [5.74, 6) is 0. The number of aliphatic hydroxyl groups excluding tert-OH is 1. The second kappa shape index (κ2) is 7.03. The van der Waals surface area contributed by atoms with E-state index in [2.05, 4.69) is 6.92 Å². The lowest BCUT2D eigenvalue weighted by molar-refractivity contribution is 0.287. The topological polar surface area (TPSA) is 46.2 Å². The third-order valence-electron chi connectivity index (χ3n) is 0.512. The van der Waals surface area contributed by atoms with Gasteiger partial charge < -0.3 is 10.8 Å². The molecule has 0 aromatic rings. The third kappa shape index (κ3) is 103. The van der Waals surface area contributed by atoms with Gasteiger partial charge in [0.2, 0.25) is 0 Å². The summed E-state index contributed by atoms with van der Waals surface area (Å²) < 4.78 is 0. The molecule has 0 aliphatic heterocycles. The Bertz CT molecular complexity index is 48.8. The molecule has 2 nitrogen and oxygen atoms in total. The van der Waals surface area contributed by atoms with E-state index in [1.807, 2.05) is 20.8 Å². The minimum absolute atomic E-state index is 0. The van der Waals surface area contributed by atoms with Crippen molar-refractivity contribution in [2.45, 2.75) is 46.1 Å². The number of nitrogens with two attached hydrogens (primary N) is 1. The highest BCUT2D eigenvalue weighted by Gasteiger charge is 1.95. The number of hydrogen-bond donors (Lipinski definition) is 2. The minimum Gasteiger partial charge on any atom is -0.396 e. The summed E-state index contributed by atoms with van der Waals surface area (Å²) in [6.07, 6.45) is 2.04. The molecule has 0 bridgehead atoms. The molecular formula is C8H21NO. The molecule has 10 heavy (non-hydrogen) atoms. The summed E-state index contributed by atoms with van der Waals surface area (Å²) in [6.45, 7) is 8.29. The van der Waals surface area contributed by atoms with Crippen LogP contribution in [0.15, 0.2) is 0 Å². The highest BCUT2D eigenvalue weighted by molar-refractivity contribution is 4.60. The molecule has 0 aromatic carbocycles. The van der Waals surface area contributed by atoms with Gasteiger partial charge in [0, 0.05) is 12.1 Å². The van der Waals surface area contributed by atoms with Gasteiger partial charge in [-0.3, -0.25) is 0 Å². The molecular weight excluding hydrogens is 126 g/mol. The van der Waals surface area contributed by atoms with E-state index in [0.717, 1.165) is 12.8 Å². The molecule has 64 valence electrons. The first-order valence-corrected chi connectivity index (χ1v) is 3.81. The minimum atomic E-state index is 0. The maximum Gasteiger partial charge on any atom is 0.0430 e. The lowest BCUT2D eigenvalue weighted by Crippen LogP contribution is -2.26. The predicted octanol–water partition coefficient (Wildman–Crippen LogP) is 1.52. The molecule has 0 aromatic heterocycles. The molecule has 2 heteroatoms. The van der Waals surface area contributed by atoms with Crippen LogP contribution < -0.4 is 5.73 Å². The van der Waals surface area contributed by atoms with E-state index in [4.69, 9.17) is 10.8 Å². The summed E-state index contributed by atoms with van der Waals surface area (Å²) in [7, 11) is 0. The quantitative estimate of drug-likeness (QED) is 0.622. The maximum absolute atomic E-state index is 8.07. The molecule has 3 N–H and O–H groups in total. The molecule has 0 unspecified atom stereocenters. The first-order chi connectivity index (χ1) is 4.41. The van der Waals surface area contributed by atoms with Crippen LogP contribution in [0.1, 0.15) is 40.5 Å². The van der Waals surface area contributed by atoms with Crippen LogP contribution in [0, 0.1) is 0 Å². The Kier molecular flexibility index (Phi) is 8.85. The SMILES string of the molecule is CC(C)(C)N.CCCCO. The van der Waals surface area contributed by atoms with Crippen molar-refractivity contribution in [3.8, 4) is 0 Å². The fourth-order valence-electron chi connectivity index (χ4n) is 0.158. The first kappa shape index (κ1) is 12.6. The lowest BCUT2D eigenvalue weighted by Gasteiger charge is -2.06. The van der Waals surface area contributed by atoms with Crippen molar-refractivity contribution in [1.82, 2.24) is 0 Å². The van der Waals surface area contributed by atoms with E-state index in [1.165, 1.54) is 0 Å². The normalized spacial score (nSPS) is 10.2. The van der Waals surface area contributed by atoms with Crippen molar-refractivity contribution in [2.75, 3.05) is 6.61 Å². The van der Waals surface area contributed by atoms with E-state index in [1.54, 1.807) is 0 Å². The average Bonchev–Trinajstić information content (AvgIpc) is 1.63. The predicted molar refractivity (Wildman–Crippen MR) is 45.9 cm³/mol. The second-order valence-corrected chi connectivity index (χ2v) is 3.44. The molecule has 0 fully saturated rings. The molecule has 0 atom stereocenters. The van der Waals surface area contributed by atoms with E-state index in [0.29, 0.717) is 6.61 Å². The summed E-state index contributed by atoms with van der Waals surface area (Å²) in [5, 5.41) is 8.07. The second-order valence-electron chi connectivity index (χ2n) is 3.44. The number of unbranched alkanes of at least 4 members (excludes halogenated alkanes) is 1. The van der Waals surface area contributed by atoms with Gasteiger partial charge in [0.1, 0.15) is 0 Å². The van der Waals surface area contributed by atoms with Gasteiger partial charge in [-0.1, -0.05) is 13.3 Å². The Morgan fingerprint density at radius 3 is 1.60 bits per heavy atom.